The zero-order valence-electron chi connectivity index (χ0n) is 16.5. The molecule has 2 aromatic carbocycles. The van der Waals surface area contributed by atoms with E-state index < -0.39 is 17.7 Å². The Bertz CT molecular complexity index is 886. The molecule has 0 spiro atoms. The Morgan fingerprint density at radius 1 is 1.17 bits per heavy atom. The normalized spacial score (nSPS) is 18.4. The maximum atomic E-state index is 13.2. The molecule has 8 heteroatoms. The number of anilines is 2. The van der Waals surface area contributed by atoms with Crippen molar-refractivity contribution in [3.63, 3.8) is 0 Å². The van der Waals surface area contributed by atoms with Crippen LogP contribution < -0.4 is 15.5 Å². The molecule has 0 unspecified atom stereocenters. The van der Waals surface area contributed by atoms with Gasteiger partial charge in [-0.25, -0.2) is 4.79 Å². The molecule has 0 radical (unpaired) electrons. The van der Waals surface area contributed by atoms with E-state index in [-0.39, 0.29) is 0 Å². The number of amides is 3. The summed E-state index contributed by atoms with van der Waals surface area (Å²) in [5.41, 5.74) is -1.16. The fourth-order valence-corrected chi connectivity index (χ4v) is 3.57. The average Bonchev–Trinajstić information content (AvgIpc) is 2.72. The first kappa shape index (κ1) is 21.1. The van der Waals surface area contributed by atoms with Crippen LogP contribution in [0.3, 0.4) is 0 Å². The van der Waals surface area contributed by atoms with Crippen molar-refractivity contribution < 1.29 is 14.7 Å². The summed E-state index contributed by atoms with van der Waals surface area (Å²) in [4.78, 5) is 29.3. The van der Waals surface area contributed by atoms with Crippen molar-refractivity contribution >= 4 is 34.9 Å². The first-order chi connectivity index (χ1) is 13.9. The number of hydrogen-bond donors (Lipinski definition) is 3. The van der Waals surface area contributed by atoms with Crippen LogP contribution in [0.1, 0.15) is 19.4 Å². The number of aliphatic hydroxyl groups is 1. The topological polar surface area (TPSA) is 84.9 Å². The smallest absolute Gasteiger partial charge is 0.329 e. The third-order valence-electron chi connectivity index (χ3n) is 5.08. The van der Waals surface area contributed by atoms with Crippen LogP contribution in [0.25, 0.3) is 0 Å². The van der Waals surface area contributed by atoms with Crippen molar-refractivity contribution in [1.29, 1.82) is 0 Å². The monoisotopic (exact) mass is 416 g/mol. The van der Waals surface area contributed by atoms with E-state index in [9.17, 15) is 14.7 Å². The van der Waals surface area contributed by atoms with Crippen LogP contribution in [0.5, 0.6) is 0 Å². The van der Waals surface area contributed by atoms with Crippen molar-refractivity contribution in [3.05, 3.63) is 59.1 Å². The lowest BCUT2D eigenvalue weighted by molar-refractivity contribution is -0.140. The van der Waals surface area contributed by atoms with Gasteiger partial charge in [0.05, 0.1) is 5.69 Å². The van der Waals surface area contributed by atoms with E-state index in [1.165, 1.54) is 0 Å². The van der Waals surface area contributed by atoms with Crippen molar-refractivity contribution in [2.75, 3.05) is 36.4 Å². The molecule has 3 rings (SSSR count). The number of nitrogens with zero attached hydrogens (tertiary/aromatic N) is 2. The van der Waals surface area contributed by atoms with Gasteiger partial charge in [-0.05, 0) is 43.4 Å². The molecule has 0 bridgehead atoms. The Morgan fingerprint density at radius 3 is 2.48 bits per heavy atom. The third-order valence-corrected chi connectivity index (χ3v) is 5.33. The summed E-state index contributed by atoms with van der Waals surface area (Å²) in [6.45, 7) is 6.80. The number of nitrogens with one attached hydrogen (secondary N) is 2. The van der Waals surface area contributed by atoms with Crippen LogP contribution in [-0.4, -0.2) is 48.1 Å². The molecule has 154 valence electrons. The van der Waals surface area contributed by atoms with E-state index in [1.807, 2.05) is 13.8 Å². The number of fused-ring (bicyclic) bond motifs is 1. The van der Waals surface area contributed by atoms with E-state index in [0.29, 0.717) is 35.1 Å². The van der Waals surface area contributed by atoms with Gasteiger partial charge in [0.25, 0.3) is 11.6 Å². The lowest BCUT2D eigenvalue weighted by atomic mass is 9.95. The predicted octanol–water partition coefficient (Wildman–Crippen LogP) is 3.00. The largest absolute Gasteiger partial charge is 0.359 e. The zero-order valence-corrected chi connectivity index (χ0v) is 17.2. The minimum absolute atomic E-state index is 0.301. The number of carbonyl (C=O) groups excluding carboxylic acids is 2. The minimum Gasteiger partial charge on any atom is -0.359 e. The van der Waals surface area contributed by atoms with E-state index in [1.54, 1.807) is 48.5 Å². The fourth-order valence-electron chi connectivity index (χ4n) is 3.44. The molecule has 1 heterocycles. The zero-order chi connectivity index (χ0) is 21.0. The lowest BCUT2D eigenvalue weighted by Gasteiger charge is -2.42. The number of likely N-dealkylation sites (N-methyl/N-ethyl adjacent to an activating group) is 1. The third kappa shape index (κ3) is 4.07. The molecular weight excluding hydrogens is 392 g/mol. The van der Waals surface area contributed by atoms with Gasteiger partial charge in [-0.2, -0.15) is 0 Å². The van der Waals surface area contributed by atoms with Crippen LogP contribution in [-0.2, 0) is 10.5 Å². The number of carbonyl (C=O) groups is 2. The van der Waals surface area contributed by atoms with E-state index in [4.69, 9.17) is 11.6 Å². The highest BCUT2D eigenvalue weighted by molar-refractivity contribution is 6.30. The average molecular weight is 417 g/mol. The van der Waals surface area contributed by atoms with Gasteiger partial charge in [0, 0.05) is 29.4 Å². The molecule has 1 aliphatic rings. The molecule has 0 fully saturated rings. The quantitative estimate of drug-likeness (QED) is 0.647. The molecular formula is C21H25ClN4O3. The van der Waals surface area contributed by atoms with Crippen LogP contribution in [0.4, 0.5) is 16.2 Å². The van der Waals surface area contributed by atoms with Gasteiger partial charge in [0.15, 0.2) is 0 Å². The second-order valence-electron chi connectivity index (χ2n) is 6.74. The number of urea groups is 1. The first-order valence-corrected chi connectivity index (χ1v) is 9.98. The van der Waals surface area contributed by atoms with Crippen molar-refractivity contribution in [2.24, 2.45) is 0 Å². The highest BCUT2D eigenvalue weighted by Crippen LogP contribution is 2.39. The van der Waals surface area contributed by atoms with Crippen molar-refractivity contribution in [3.8, 4) is 0 Å². The summed E-state index contributed by atoms with van der Waals surface area (Å²) in [5.74, 6) is -0.665. The Labute approximate surface area is 175 Å². The molecule has 2 aromatic rings. The molecule has 29 heavy (non-hydrogen) atoms. The molecule has 0 saturated heterocycles. The second kappa shape index (κ2) is 8.82. The summed E-state index contributed by atoms with van der Waals surface area (Å²) in [6.07, 6.45) is 0. The summed E-state index contributed by atoms with van der Waals surface area (Å²) < 4.78 is 0. The van der Waals surface area contributed by atoms with Gasteiger partial charge in [0.1, 0.15) is 0 Å². The molecule has 1 aliphatic heterocycles. The van der Waals surface area contributed by atoms with Crippen LogP contribution in [0.15, 0.2) is 48.5 Å². The predicted molar refractivity (Wildman–Crippen MR) is 114 cm³/mol. The first-order valence-electron chi connectivity index (χ1n) is 9.61. The van der Waals surface area contributed by atoms with Gasteiger partial charge in [-0.1, -0.05) is 43.6 Å². The van der Waals surface area contributed by atoms with Crippen molar-refractivity contribution in [2.45, 2.75) is 19.6 Å². The molecule has 1 atom stereocenters. The highest BCUT2D eigenvalue weighted by Gasteiger charge is 2.51. The maximum absolute atomic E-state index is 13.2. The number of para-hydroxylation sites is 1. The molecule has 0 aromatic heterocycles. The standard InChI is InChI=1S/C21H25ClN4O3/c1-3-25(4-2)14-13-23-19(27)21(29)17-7-5-6-8-18(17)24-20(28)26(21)16-11-9-15(22)10-12-16/h5-12,29H,3-4,13-14H2,1-2H3,(H,23,27)(H,24,28)/t21-/m1/s1. The SMILES string of the molecule is CCN(CC)CCNC(=O)[C@]1(O)c2ccccc2NC(=O)N1c1ccc(Cl)cc1. The van der Waals surface area contributed by atoms with Gasteiger partial charge in [-0.15, -0.1) is 0 Å². The summed E-state index contributed by atoms with van der Waals surface area (Å²) in [5, 5.41) is 17.6. The number of rotatable bonds is 7. The van der Waals surface area contributed by atoms with Gasteiger partial charge in [0.2, 0.25) is 0 Å². The summed E-state index contributed by atoms with van der Waals surface area (Å²) in [7, 11) is 0. The Morgan fingerprint density at radius 2 is 1.83 bits per heavy atom. The Hall–Kier alpha value is -2.61. The van der Waals surface area contributed by atoms with E-state index in [2.05, 4.69) is 15.5 Å². The summed E-state index contributed by atoms with van der Waals surface area (Å²) in [6, 6.07) is 12.5. The molecule has 7 nitrogen and oxygen atoms in total. The molecule has 0 saturated carbocycles. The fraction of sp³-hybridized carbons (Fsp3) is 0.333. The van der Waals surface area contributed by atoms with Crippen molar-refractivity contribution in [1.82, 2.24) is 10.2 Å². The van der Waals surface area contributed by atoms with Crippen LogP contribution in [0, 0.1) is 0 Å². The van der Waals surface area contributed by atoms with Gasteiger partial charge >= 0.3 is 6.03 Å². The highest BCUT2D eigenvalue weighted by atomic mass is 35.5. The minimum atomic E-state index is -2.20. The Balaban J connectivity index is 1.97. The number of halogens is 1. The van der Waals surface area contributed by atoms with E-state index in [0.717, 1.165) is 18.0 Å². The Kier molecular flexibility index (Phi) is 6.42. The van der Waals surface area contributed by atoms with Crippen LogP contribution in [0.2, 0.25) is 5.02 Å². The maximum Gasteiger partial charge on any atom is 0.329 e. The number of benzene rings is 2. The molecule has 0 aliphatic carbocycles. The van der Waals surface area contributed by atoms with E-state index >= 15 is 0 Å². The second-order valence-corrected chi connectivity index (χ2v) is 7.18. The summed E-state index contributed by atoms with van der Waals surface area (Å²) >= 11 is 5.96. The molecule has 3 N–H and O–H groups in total. The van der Waals surface area contributed by atoms with Crippen LogP contribution >= 0.6 is 11.6 Å². The van der Waals surface area contributed by atoms with Gasteiger partial charge < -0.3 is 20.6 Å². The lowest BCUT2D eigenvalue weighted by Crippen LogP contribution is -2.63. The number of hydrogen-bond acceptors (Lipinski definition) is 4. The van der Waals surface area contributed by atoms with Gasteiger partial charge in [-0.3, -0.25) is 9.69 Å². The molecule has 3 amide bonds.